The second-order valence-corrected chi connectivity index (χ2v) is 3.12. The minimum absolute atomic E-state index is 0.154. The van der Waals surface area contributed by atoms with Crippen molar-refractivity contribution < 1.29 is 9.53 Å². The van der Waals surface area contributed by atoms with Crippen LogP contribution in [0, 0.1) is 0 Å². The third-order valence-corrected chi connectivity index (χ3v) is 1.98. The fourth-order valence-corrected chi connectivity index (χ4v) is 1.19. The minimum Gasteiger partial charge on any atom is -0.484 e. The highest BCUT2D eigenvalue weighted by molar-refractivity contribution is 6.31. The number of benzene rings is 1. The van der Waals surface area contributed by atoms with Crippen molar-refractivity contribution in [1.82, 2.24) is 0 Å². The molecule has 0 unspecified atom stereocenters. The van der Waals surface area contributed by atoms with Crippen LogP contribution in [0.2, 0.25) is 5.02 Å². The molecule has 0 saturated heterocycles. The summed E-state index contributed by atoms with van der Waals surface area (Å²) in [6.07, 6.45) is 0. The van der Waals surface area contributed by atoms with Crippen molar-refractivity contribution in [3.63, 3.8) is 0 Å². The van der Waals surface area contributed by atoms with Gasteiger partial charge in [0.1, 0.15) is 5.75 Å². The monoisotopic (exact) mass is 214 g/mol. The molecule has 76 valence electrons. The average Bonchev–Trinajstić information content (AvgIpc) is 2.15. The van der Waals surface area contributed by atoms with Crippen LogP contribution in [-0.2, 0) is 11.3 Å². The van der Waals surface area contributed by atoms with Gasteiger partial charge >= 0.3 is 0 Å². The van der Waals surface area contributed by atoms with Gasteiger partial charge in [0.05, 0.1) is 0 Å². The zero-order valence-corrected chi connectivity index (χ0v) is 8.25. The highest BCUT2D eigenvalue weighted by Crippen LogP contribution is 2.21. The summed E-state index contributed by atoms with van der Waals surface area (Å²) >= 11 is 5.87. The Bertz CT molecular complexity index is 342. The average molecular weight is 215 g/mol. The molecule has 0 spiro atoms. The Morgan fingerprint density at radius 2 is 2.21 bits per heavy atom. The lowest BCUT2D eigenvalue weighted by Crippen LogP contribution is -2.20. The molecule has 0 aliphatic rings. The van der Waals surface area contributed by atoms with Gasteiger partial charge in [-0.15, -0.1) is 0 Å². The molecule has 0 aromatic heterocycles. The smallest absolute Gasteiger partial charge is 0.255 e. The summed E-state index contributed by atoms with van der Waals surface area (Å²) in [6, 6.07) is 5.04. The highest BCUT2D eigenvalue weighted by atomic mass is 35.5. The van der Waals surface area contributed by atoms with E-state index < -0.39 is 5.91 Å². The van der Waals surface area contributed by atoms with Crippen LogP contribution in [0.4, 0.5) is 0 Å². The van der Waals surface area contributed by atoms with E-state index in [0.717, 1.165) is 5.56 Å². The van der Waals surface area contributed by atoms with E-state index in [1.54, 1.807) is 18.2 Å². The Hall–Kier alpha value is -1.26. The third-order valence-electron chi connectivity index (χ3n) is 1.63. The van der Waals surface area contributed by atoms with Gasteiger partial charge in [0, 0.05) is 11.6 Å². The normalized spacial score (nSPS) is 9.86. The van der Waals surface area contributed by atoms with Crippen LogP contribution >= 0.6 is 11.6 Å². The summed E-state index contributed by atoms with van der Waals surface area (Å²) in [4.78, 5) is 10.4. The molecule has 0 radical (unpaired) electrons. The molecule has 0 saturated carbocycles. The Kier molecular flexibility index (Phi) is 3.73. The van der Waals surface area contributed by atoms with Crippen LogP contribution in [0.3, 0.4) is 0 Å². The molecule has 1 rings (SSSR count). The molecule has 0 atom stereocenters. The van der Waals surface area contributed by atoms with Crippen molar-refractivity contribution in [2.75, 3.05) is 6.61 Å². The van der Waals surface area contributed by atoms with Gasteiger partial charge in [-0.2, -0.15) is 0 Å². The molecule has 0 aliphatic heterocycles. The molecule has 5 heteroatoms. The van der Waals surface area contributed by atoms with Crippen molar-refractivity contribution >= 4 is 17.5 Å². The molecular formula is C9H11ClN2O2. The van der Waals surface area contributed by atoms with Crippen LogP contribution in [-0.4, -0.2) is 12.5 Å². The van der Waals surface area contributed by atoms with Crippen LogP contribution in [0.25, 0.3) is 0 Å². The van der Waals surface area contributed by atoms with Gasteiger partial charge in [-0.05, 0) is 17.7 Å². The maximum atomic E-state index is 10.4. The molecule has 0 aliphatic carbocycles. The first-order valence-electron chi connectivity index (χ1n) is 4.03. The Morgan fingerprint density at radius 1 is 1.50 bits per heavy atom. The second-order valence-electron chi connectivity index (χ2n) is 2.71. The van der Waals surface area contributed by atoms with E-state index >= 15 is 0 Å². The van der Waals surface area contributed by atoms with Crippen molar-refractivity contribution in [2.45, 2.75) is 6.54 Å². The van der Waals surface area contributed by atoms with E-state index in [4.69, 9.17) is 27.8 Å². The summed E-state index contributed by atoms with van der Waals surface area (Å²) in [6.45, 7) is 0.216. The van der Waals surface area contributed by atoms with Gasteiger partial charge in [0.25, 0.3) is 5.91 Å². The Balaban J connectivity index is 2.71. The van der Waals surface area contributed by atoms with Crippen molar-refractivity contribution in [3.8, 4) is 5.75 Å². The first-order chi connectivity index (χ1) is 6.63. The van der Waals surface area contributed by atoms with E-state index in [1.165, 1.54) is 0 Å². The van der Waals surface area contributed by atoms with E-state index in [9.17, 15) is 4.79 Å². The van der Waals surface area contributed by atoms with E-state index in [-0.39, 0.29) is 6.61 Å². The van der Waals surface area contributed by atoms with Crippen LogP contribution in [0.5, 0.6) is 5.75 Å². The number of rotatable bonds is 4. The van der Waals surface area contributed by atoms with Crippen LogP contribution in [0.1, 0.15) is 5.56 Å². The molecule has 14 heavy (non-hydrogen) atoms. The number of hydrogen-bond donors (Lipinski definition) is 2. The number of nitrogens with two attached hydrogens (primary N) is 2. The number of amides is 1. The number of carbonyl (C=O) groups excluding carboxylic acids is 1. The van der Waals surface area contributed by atoms with Crippen molar-refractivity contribution in [1.29, 1.82) is 0 Å². The number of ether oxygens (including phenoxy) is 1. The SMILES string of the molecule is NCc1ccc(OCC(N)=O)cc1Cl. The van der Waals surface area contributed by atoms with Crippen molar-refractivity contribution in [3.05, 3.63) is 28.8 Å². The zero-order chi connectivity index (χ0) is 10.6. The largest absolute Gasteiger partial charge is 0.484 e. The Morgan fingerprint density at radius 3 is 2.71 bits per heavy atom. The maximum Gasteiger partial charge on any atom is 0.255 e. The van der Waals surface area contributed by atoms with Crippen LogP contribution < -0.4 is 16.2 Å². The predicted octanol–water partition coefficient (Wildman–Crippen LogP) is 0.663. The topological polar surface area (TPSA) is 78.3 Å². The molecule has 1 aromatic carbocycles. The molecule has 1 aromatic rings. The highest BCUT2D eigenvalue weighted by Gasteiger charge is 2.02. The summed E-state index contributed by atoms with van der Waals surface area (Å²) in [5, 5.41) is 0.523. The van der Waals surface area contributed by atoms with Gasteiger partial charge in [0.15, 0.2) is 6.61 Å². The number of carbonyl (C=O) groups is 1. The predicted molar refractivity (Wildman–Crippen MR) is 54.0 cm³/mol. The summed E-state index contributed by atoms with van der Waals surface area (Å²) < 4.78 is 5.05. The number of halogens is 1. The quantitative estimate of drug-likeness (QED) is 0.773. The molecule has 0 fully saturated rings. The zero-order valence-electron chi connectivity index (χ0n) is 7.50. The van der Waals surface area contributed by atoms with Gasteiger partial charge in [-0.3, -0.25) is 4.79 Å². The summed E-state index contributed by atoms with van der Waals surface area (Å²) in [5.74, 6) is -0.0185. The van der Waals surface area contributed by atoms with E-state index in [1.807, 2.05) is 0 Å². The van der Waals surface area contributed by atoms with Gasteiger partial charge in [-0.25, -0.2) is 0 Å². The third kappa shape index (κ3) is 2.90. The molecule has 4 N–H and O–H groups in total. The first-order valence-corrected chi connectivity index (χ1v) is 4.41. The molecule has 1 amide bonds. The van der Waals surface area contributed by atoms with Gasteiger partial charge < -0.3 is 16.2 Å². The molecule has 0 heterocycles. The number of primary amides is 1. The number of hydrogen-bond acceptors (Lipinski definition) is 3. The molecular weight excluding hydrogens is 204 g/mol. The lowest BCUT2D eigenvalue weighted by Gasteiger charge is -2.06. The summed E-state index contributed by atoms with van der Waals surface area (Å²) in [7, 11) is 0. The fraction of sp³-hybridized carbons (Fsp3) is 0.222. The molecule has 4 nitrogen and oxygen atoms in total. The first kappa shape index (κ1) is 10.8. The minimum atomic E-state index is -0.524. The fourth-order valence-electron chi connectivity index (χ4n) is 0.938. The lowest BCUT2D eigenvalue weighted by molar-refractivity contribution is -0.119. The van der Waals surface area contributed by atoms with E-state index in [0.29, 0.717) is 17.3 Å². The standard InChI is InChI=1S/C9H11ClN2O2/c10-8-3-7(14-5-9(12)13)2-1-6(8)4-11/h1-3H,4-5,11H2,(H2,12,13). The summed E-state index contributed by atoms with van der Waals surface area (Å²) in [5.41, 5.74) is 11.2. The van der Waals surface area contributed by atoms with Gasteiger partial charge in [0.2, 0.25) is 0 Å². The van der Waals surface area contributed by atoms with Crippen molar-refractivity contribution in [2.24, 2.45) is 11.5 Å². The second kappa shape index (κ2) is 4.83. The van der Waals surface area contributed by atoms with E-state index in [2.05, 4.69) is 0 Å². The van der Waals surface area contributed by atoms with Crippen LogP contribution in [0.15, 0.2) is 18.2 Å². The maximum absolute atomic E-state index is 10.4. The lowest BCUT2D eigenvalue weighted by atomic mass is 10.2. The molecule has 0 bridgehead atoms. The Labute approximate surface area is 86.8 Å². The van der Waals surface area contributed by atoms with Gasteiger partial charge in [-0.1, -0.05) is 17.7 Å².